The van der Waals surface area contributed by atoms with Gasteiger partial charge in [-0.1, -0.05) is 0 Å². The number of ether oxygens (including phenoxy) is 4. The van der Waals surface area contributed by atoms with E-state index >= 15 is 0 Å². The summed E-state index contributed by atoms with van der Waals surface area (Å²) in [5.74, 6) is 3.06. The van der Waals surface area contributed by atoms with Crippen LogP contribution in [0.3, 0.4) is 0 Å². The molecule has 0 unspecified atom stereocenters. The second-order valence-electron chi connectivity index (χ2n) is 7.67. The van der Waals surface area contributed by atoms with E-state index in [2.05, 4.69) is 48.5 Å². The van der Waals surface area contributed by atoms with E-state index in [1.54, 1.807) is 28.4 Å². The van der Waals surface area contributed by atoms with E-state index in [1.807, 2.05) is 48.5 Å². The van der Waals surface area contributed by atoms with Crippen LogP contribution in [0.25, 0.3) is 0 Å². The molecule has 190 valence electrons. The zero-order chi connectivity index (χ0) is 25.8. The first kappa shape index (κ1) is 26.8. The molecule has 0 aromatic heterocycles. The third-order valence-corrected chi connectivity index (χ3v) is 45.4. The molecule has 0 aliphatic heterocycles. The van der Waals surface area contributed by atoms with E-state index in [9.17, 15) is 0 Å². The molecule has 0 amide bonds. The Hall–Kier alpha value is -2.30. The van der Waals surface area contributed by atoms with Crippen LogP contribution in [-0.2, 0) is 0 Å². The summed E-state index contributed by atoms with van der Waals surface area (Å²) >= 11 is 0. The number of benzene rings is 4. The minimum absolute atomic E-state index is 0.766. The molecule has 4 aromatic carbocycles. The topological polar surface area (TPSA) is 36.9 Å². The predicted molar refractivity (Wildman–Crippen MR) is 154 cm³/mol. The van der Waals surface area contributed by atoms with Crippen LogP contribution in [0.2, 0.25) is 0 Å². The third-order valence-electron chi connectivity index (χ3n) is 5.77. The van der Waals surface area contributed by atoms with Gasteiger partial charge in [-0.05, 0) is 0 Å². The van der Waals surface area contributed by atoms with E-state index in [4.69, 9.17) is 39.1 Å². The Morgan fingerprint density at radius 2 is 0.528 bits per heavy atom. The van der Waals surface area contributed by atoms with Crippen molar-refractivity contribution in [1.29, 1.82) is 0 Å². The van der Waals surface area contributed by atoms with Crippen LogP contribution in [0.15, 0.2) is 97.1 Å². The van der Waals surface area contributed by atoms with E-state index in [-0.39, 0.29) is 0 Å². The molecule has 0 atom stereocenters. The molecule has 4 nitrogen and oxygen atoms in total. The molecule has 4 aromatic rings. The van der Waals surface area contributed by atoms with Crippen molar-refractivity contribution in [1.82, 2.24) is 0 Å². The number of rotatable bonds is 9. The molecule has 0 spiro atoms. The van der Waals surface area contributed by atoms with Gasteiger partial charge in [-0.2, -0.15) is 0 Å². The maximum atomic E-state index is 8.05. The summed E-state index contributed by atoms with van der Waals surface area (Å²) < 4.78 is 25.8. The van der Waals surface area contributed by atoms with Gasteiger partial charge in [0, 0.05) is 0 Å². The number of hydrogen-bond acceptors (Lipinski definition) is 4. The standard InChI is InChI=1S/C28H28Cl2O4Se2/c1-31-21-5-13-25(14-6-21)35(29,26-15-7-22(32-2)8-16-26)36(30,27-17-9-23(33-3)10-18-27)28-19-11-24(34-4)12-20-28/h5-20H,1-4H3. The van der Waals surface area contributed by atoms with Crippen LogP contribution in [-0.4, -0.2) is 48.7 Å². The van der Waals surface area contributed by atoms with Gasteiger partial charge in [-0.15, -0.1) is 0 Å². The van der Waals surface area contributed by atoms with Gasteiger partial charge in [0.2, 0.25) is 0 Å². The number of methoxy groups -OCH3 is 4. The van der Waals surface area contributed by atoms with Gasteiger partial charge in [-0.25, -0.2) is 0 Å². The van der Waals surface area contributed by atoms with Crippen LogP contribution < -0.4 is 36.8 Å². The van der Waals surface area contributed by atoms with E-state index in [0.29, 0.717) is 0 Å². The van der Waals surface area contributed by atoms with Gasteiger partial charge in [-0.3, -0.25) is 0 Å². The summed E-state index contributed by atoms with van der Waals surface area (Å²) in [6, 6.07) is 32.0. The molecule has 0 bridgehead atoms. The van der Waals surface area contributed by atoms with Gasteiger partial charge >= 0.3 is 226 Å². The van der Waals surface area contributed by atoms with Crippen LogP contribution in [0.1, 0.15) is 0 Å². The summed E-state index contributed by atoms with van der Waals surface area (Å²) in [5, 5.41) is 0. The van der Waals surface area contributed by atoms with E-state index < -0.39 is 20.2 Å². The summed E-state index contributed by atoms with van der Waals surface area (Å²) in [7, 11) is 15.9. The molecular weight excluding hydrogens is 629 g/mol. The molecule has 36 heavy (non-hydrogen) atoms. The molecule has 0 saturated carbocycles. The average molecular weight is 657 g/mol. The van der Waals surface area contributed by atoms with Crippen molar-refractivity contribution in [2.75, 3.05) is 28.4 Å². The molecule has 0 saturated heterocycles. The molecule has 0 radical (unpaired) electrons. The summed E-state index contributed by atoms with van der Waals surface area (Å²) in [4.78, 5) is 0. The van der Waals surface area contributed by atoms with Gasteiger partial charge < -0.3 is 0 Å². The normalized spacial score (nSPS) is 12.5. The van der Waals surface area contributed by atoms with Crippen molar-refractivity contribution >= 4 is 58.3 Å². The summed E-state index contributed by atoms with van der Waals surface area (Å²) in [6.07, 6.45) is 0. The summed E-state index contributed by atoms with van der Waals surface area (Å²) in [5.41, 5.74) is 0. The Kier molecular flexibility index (Phi) is 8.47. The Morgan fingerprint density at radius 1 is 0.361 bits per heavy atom. The number of hydrogen-bond donors (Lipinski definition) is 0. The molecule has 0 aliphatic rings. The zero-order valence-corrected chi connectivity index (χ0v) is 25.4. The molecule has 0 aliphatic carbocycles. The van der Waals surface area contributed by atoms with E-state index in [0.717, 1.165) is 40.8 Å². The van der Waals surface area contributed by atoms with Crippen LogP contribution in [0.5, 0.6) is 23.0 Å². The fourth-order valence-corrected chi connectivity index (χ4v) is 37.7. The Balaban J connectivity index is 2.04. The van der Waals surface area contributed by atoms with Crippen molar-refractivity contribution in [3.8, 4) is 23.0 Å². The number of halogens is 2. The van der Waals surface area contributed by atoms with Crippen LogP contribution in [0.4, 0.5) is 0 Å². The molecule has 0 heterocycles. The maximum absolute atomic E-state index is 8.05. The average Bonchev–Trinajstić information content (AvgIpc) is 2.96. The Bertz CT molecular complexity index is 1080. The van der Waals surface area contributed by atoms with Crippen molar-refractivity contribution < 1.29 is 18.9 Å². The van der Waals surface area contributed by atoms with Crippen molar-refractivity contribution in [3.63, 3.8) is 0 Å². The van der Waals surface area contributed by atoms with Gasteiger partial charge in [0.1, 0.15) is 0 Å². The second-order valence-corrected chi connectivity index (χ2v) is 35.7. The van der Waals surface area contributed by atoms with Crippen molar-refractivity contribution in [2.45, 2.75) is 0 Å². The fraction of sp³-hybridized carbons (Fsp3) is 0.143. The Morgan fingerprint density at radius 3 is 0.667 bits per heavy atom. The molecule has 4 rings (SSSR count). The first-order valence-electron chi connectivity index (χ1n) is 11.0. The van der Waals surface area contributed by atoms with Crippen LogP contribution in [0, 0.1) is 0 Å². The first-order chi connectivity index (χ1) is 17.4. The second kappa shape index (κ2) is 11.4. The van der Waals surface area contributed by atoms with Crippen molar-refractivity contribution in [3.05, 3.63) is 97.1 Å². The molecular formula is C28H28Cl2O4Se2. The fourth-order valence-electron chi connectivity index (χ4n) is 3.81. The summed E-state index contributed by atoms with van der Waals surface area (Å²) in [6.45, 7) is 0. The zero-order valence-electron chi connectivity index (χ0n) is 20.4. The quantitative estimate of drug-likeness (QED) is 0.255. The van der Waals surface area contributed by atoms with Crippen LogP contribution >= 0.6 is 20.2 Å². The van der Waals surface area contributed by atoms with Gasteiger partial charge in [0.15, 0.2) is 0 Å². The van der Waals surface area contributed by atoms with Gasteiger partial charge in [0.05, 0.1) is 0 Å². The Labute approximate surface area is 224 Å². The monoisotopic (exact) mass is 658 g/mol. The predicted octanol–water partition coefficient (Wildman–Crippen LogP) is 4.10. The SMILES string of the molecule is COc1ccc([Se](Cl)(c2ccc(OC)cc2)[Se](Cl)(c2ccc(OC)cc2)c2ccc(OC)cc2)cc1. The third kappa shape index (κ3) is 4.82. The molecule has 8 heteroatoms. The molecule has 0 N–H and O–H groups in total. The van der Waals surface area contributed by atoms with Gasteiger partial charge in [0.25, 0.3) is 0 Å². The van der Waals surface area contributed by atoms with E-state index in [1.165, 1.54) is 0 Å². The molecule has 0 fully saturated rings. The first-order valence-corrected chi connectivity index (χ1v) is 23.3. The minimum atomic E-state index is -3.42. The van der Waals surface area contributed by atoms with Crippen molar-refractivity contribution in [2.24, 2.45) is 0 Å².